The molecule has 0 fully saturated rings. The fourth-order valence-corrected chi connectivity index (χ4v) is 1.17. The van der Waals surface area contributed by atoms with Crippen molar-refractivity contribution in [1.82, 2.24) is 4.98 Å². The van der Waals surface area contributed by atoms with Crippen molar-refractivity contribution in [2.75, 3.05) is 0 Å². The number of hydrogen-bond donors (Lipinski definition) is 1. The summed E-state index contributed by atoms with van der Waals surface area (Å²) in [6, 6.07) is 0. The summed E-state index contributed by atoms with van der Waals surface area (Å²) in [6.45, 7) is 0. The highest BCUT2D eigenvalue weighted by atomic mass is 32.1. The maximum Gasteiger partial charge on any atom is 0.523 e. The first-order chi connectivity index (χ1) is 5.22. The van der Waals surface area contributed by atoms with Crippen LogP contribution in [0, 0.1) is 5.39 Å². The summed E-state index contributed by atoms with van der Waals surface area (Å²) in [7, 11) is 0. The standard InChI is InChI=1S/C5H3N3O2S/c6-8-5-7-3(2-11-5)1-4(9)10/h2H,1H2/p+1. The van der Waals surface area contributed by atoms with Gasteiger partial charge in [-0.2, -0.15) is 0 Å². The average Bonchev–Trinajstić information content (AvgIpc) is 2.34. The minimum atomic E-state index is -0.945. The molecule has 0 aromatic carbocycles. The van der Waals surface area contributed by atoms with Gasteiger partial charge in [-0.1, -0.05) is 0 Å². The molecular weight excluding hydrogens is 166 g/mol. The van der Waals surface area contributed by atoms with Crippen molar-refractivity contribution in [3.63, 3.8) is 0 Å². The number of aromatic nitrogens is 1. The Labute approximate surface area is 65.9 Å². The zero-order valence-corrected chi connectivity index (χ0v) is 6.21. The van der Waals surface area contributed by atoms with Crippen LogP contribution >= 0.6 is 11.3 Å². The third-order valence-electron chi connectivity index (χ3n) is 0.958. The molecule has 0 aliphatic rings. The monoisotopic (exact) mass is 170 g/mol. The molecule has 0 atom stereocenters. The third kappa shape index (κ3) is 1.98. The number of thiazole rings is 1. The number of aliphatic carboxylic acids is 1. The van der Waals surface area contributed by atoms with Crippen molar-refractivity contribution in [2.24, 2.45) is 0 Å². The Bertz CT molecular complexity index is 314. The van der Waals surface area contributed by atoms with Gasteiger partial charge in [0, 0.05) is 10.4 Å². The van der Waals surface area contributed by atoms with E-state index in [-0.39, 0.29) is 11.6 Å². The molecule has 0 aliphatic carbocycles. The zero-order chi connectivity index (χ0) is 8.27. The van der Waals surface area contributed by atoms with Gasteiger partial charge >= 0.3 is 11.1 Å². The van der Waals surface area contributed by atoms with Crippen LogP contribution in [0.25, 0.3) is 4.98 Å². The van der Waals surface area contributed by atoms with Gasteiger partial charge < -0.3 is 5.11 Å². The second kappa shape index (κ2) is 3.07. The molecule has 1 heterocycles. The van der Waals surface area contributed by atoms with Crippen LogP contribution in [0.1, 0.15) is 5.69 Å². The molecule has 0 saturated carbocycles. The molecule has 1 aromatic heterocycles. The molecular formula is C5H4N3O2S+. The Morgan fingerprint density at radius 3 is 3.09 bits per heavy atom. The molecule has 0 unspecified atom stereocenters. The Hall–Kier alpha value is -1.48. The van der Waals surface area contributed by atoms with Crippen molar-refractivity contribution in [3.8, 4) is 0 Å². The molecule has 1 N–H and O–H groups in total. The Morgan fingerprint density at radius 2 is 2.64 bits per heavy atom. The first-order valence-electron chi connectivity index (χ1n) is 2.73. The lowest BCUT2D eigenvalue weighted by Gasteiger charge is -1.79. The smallest absolute Gasteiger partial charge is 0.481 e. The van der Waals surface area contributed by atoms with E-state index in [0.717, 1.165) is 11.3 Å². The number of hydrogen-bond acceptors (Lipinski definition) is 4. The van der Waals surface area contributed by atoms with E-state index in [1.807, 2.05) is 0 Å². The van der Waals surface area contributed by atoms with Gasteiger partial charge in [-0.3, -0.25) is 4.79 Å². The maximum absolute atomic E-state index is 10.1. The predicted octanol–water partition coefficient (Wildman–Crippen LogP) is 1.25. The van der Waals surface area contributed by atoms with Crippen LogP contribution < -0.4 is 0 Å². The molecule has 0 spiro atoms. The van der Waals surface area contributed by atoms with E-state index < -0.39 is 5.97 Å². The Morgan fingerprint density at radius 1 is 1.91 bits per heavy atom. The highest BCUT2D eigenvalue weighted by Crippen LogP contribution is 2.18. The summed E-state index contributed by atoms with van der Waals surface area (Å²) in [5.74, 6) is -0.945. The molecule has 1 aromatic rings. The molecule has 0 radical (unpaired) electrons. The second-order valence-electron chi connectivity index (χ2n) is 1.79. The lowest BCUT2D eigenvalue weighted by molar-refractivity contribution is -0.136. The summed E-state index contributed by atoms with van der Waals surface area (Å²) < 4.78 is 0. The lowest BCUT2D eigenvalue weighted by Crippen LogP contribution is -1.99. The molecule has 11 heavy (non-hydrogen) atoms. The number of carbonyl (C=O) groups is 1. The normalized spacial score (nSPS) is 9.00. The van der Waals surface area contributed by atoms with Crippen molar-refractivity contribution in [2.45, 2.75) is 6.42 Å². The minimum absolute atomic E-state index is 0.133. The van der Waals surface area contributed by atoms with E-state index >= 15 is 0 Å². The van der Waals surface area contributed by atoms with Gasteiger partial charge in [-0.25, -0.2) is 0 Å². The van der Waals surface area contributed by atoms with Gasteiger partial charge in [0.15, 0.2) is 5.69 Å². The molecule has 0 amide bonds. The minimum Gasteiger partial charge on any atom is -0.481 e. The van der Waals surface area contributed by atoms with E-state index in [9.17, 15) is 4.79 Å². The van der Waals surface area contributed by atoms with Gasteiger partial charge in [0.2, 0.25) is 0 Å². The maximum atomic E-state index is 10.1. The Kier molecular flexibility index (Phi) is 2.13. The molecule has 1 rings (SSSR count). The molecule has 0 saturated heterocycles. The first kappa shape index (κ1) is 7.63. The van der Waals surface area contributed by atoms with Crippen molar-refractivity contribution in [3.05, 3.63) is 16.0 Å². The number of nitrogens with zero attached hydrogens (tertiary/aromatic N) is 3. The average molecular weight is 170 g/mol. The van der Waals surface area contributed by atoms with Gasteiger partial charge in [0.05, 0.1) is 5.39 Å². The molecule has 0 bridgehead atoms. The summed E-state index contributed by atoms with van der Waals surface area (Å²) >= 11 is 1.10. The highest BCUT2D eigenvalue weighted by molar-refractivity contribution is 7.13. The van der Waals surface area contributed by atoms with Crippen LogP contribution in [-0.4, -0.2) is 16.1 Å². The Balaban J connectivity index is 2.75. The fourth-order valence-electron chi connectivity index (χ4n) is 0.578. The van der Waals surface area contributed by atoms with Gasteiger partial charge in [-0.15, -0.1) is 0 Å². The van der Waals surface area contributed by atoms with Crippen LogP contribution in [0.3, 0.4) is 0 Å². The van der Waals surface area contributed by atoms with Crippen LogP contribution in [0.4, 0.5) is 5.13 Å². The second-order valence-corrected chi connectivity index (χ2v) is 2.63. The van der Waals surface area contributed by atoms with E-state index in [0.29, 0.717) is 5.69 Å². The zero-order valence-electron chi connectivity index (χ0n) is 5.39. The van der Waals surface area contributed by atoms with E-state index in [2.05, 4.69) is 9.96 Å². The molecule has 6 heteroatoms. The summed E-state index contributed by atoms with van der Waals surface area (Å²) in [4.78, 5) is 16.6. The molecule has 0 aliphatic heterocycles. The van der Waals surface area contributed by atoms with Gasteiger partial charge in [0.25, 0.3) is 0 Å². The number of rotatable bonds is 2. The number of carboxylic acid groups (broad SMARTS) is 1. The lowest BCUT2D eigenvalue weighted by atomic mass is 10.3. The van der Waals surface area contributed by atoms with Crippen molar-refractivity contribution < 1.29 is 9.90 Å². The third-order valence-corrected chi connectivity index (χ3v) is 1.73. The van der Waals surface area contributed by atoms with Crippen LogP contribution in [-0.2, 0) is 11.2 Å². The largest absolute Gasteiger partial charge is 0.523 e. The predicted molar refractivity (Wildman–Crippen MR) is 38.2 cm³/mol. The van der Waals surface area contributed by atoms with Crippen LogP contribution in [0.5, 0.6) is 0 Å². The van der Waals surface area contributed by atoms with E-state index in [4.69, 9.17) is 10.5 Å². The number of carboxylic acids is 1. The number of diazo groups is 1. The van der Waals surface area contributed by atoms with Gasteiger partial charge in [-0.05, 0) is 16.3 Å². The quantitative estimate of drug-likeness (QED) is 0.677. The molecule has 56 valence electrons. The first-order valence-corrected chi connectivity index (χ1v) is 3.61. The van der Waals surface area contributed by atoms with E-state index in [1.54, 1.807) is 5.38 Å². The van der Waals surface area contributed by atoms with Crippen LogP contribution in [0.15, 0.2) is 5.38 Å². The SMILES string of the molecule is N#[N+]c1nc(CC(=O)O)cs1. The van der Waals surface area contributed by atoms with Gasteiger partial charge in [0.1, 0.15) is 6.42 Å². The highest BCUT2D eigenvalue weighted by Gasteiger charge is 2.15. The fraction of sp³-hybridized carbons (Fsp3) is 0.200. The van der Waals surface area contributed by atoms with E-state index in [1.165, 1.54) is 0 Å². The van der Waals surface area contributed by atoms with Crippen LogP contribution in [0.2, 0.25) is 0 Å². The summed E-state index contributed by atoms with van der Waals surface area (Å²) in [5.41, 5.74) is 0.412. The topological polar surface area (TPSA) is 78.3 Å². The molecule has 5 nitrogen and oxygen atoms in total. The summed E-state index contributed by atoms with van der Waals surface area (Å²) in [5, 5.41) is 18.3. The van der Waals surface area contributed by atoms with Crippen molar-refractivity contribution in [1.29, 1.82) is 5.39 Å². The summed E-state index contributed by atoms with van der Waals surface area (Å²) in [6.07, 6.45) is -0.133. The van der Waals surface area contributed by atoms with Crippen molar-refractivity contribution >= 4 is 22.4 Å².